The maximum Gasteiger partial charge on any atom is 0.387 e. The van der Waals surface area contributed by atoms with Crippen molar-refractivity contribution in [1.29, 1.82) is 0 Å². The predicted molar refractivity (Wildman–Crippen MR) is 98.9 cm³/mol. The van der Waals surface area contributed by atoms with Gasteiger partial charge in [0.2, 0.25) is 0 Å². The lowest BCUT2D eigenvalue weighted by Crippen LogP contribution is -2.30. The standard InChI is InChI=1S/C17H21F2N5O2.ClH/c1-10-3-4-12(9-14(10)26-17(18)19)21-16(25)15-11(2)24(23-22-15)13-5-7-20-8-6-13;/h3-4,9,13,17,20H,5-8H2,1-2H3,(H,21,25);1H. The quantitative estimate of drug-likeness (QED) is 0.804. The Morgan fingerprint density at radius 1 is 1.33 bits per heavy atom. The van der Waals surface area contributed by atoms with Gasteiger partial charge in [0.05, 0.1) is 11.7 Å². The summed E-state index contributed by atoms with van der Waals surface area (Å²) in [7, 11) is 0. The second kappa shape index (κ2) is 9.09. The monoisotopic (exact) mass is 401 g/mol. The lowest BCUT2D eigenvalue weighted by molar-refractivity contribution is -0.0502. The molecule has 0 unspecified atom stereocenters. The number of carbonyl (C=O) groups is 1. The van der Waals surface area contributed by atoms with Crippen molar-refractivity contribution in [2.24, 2.45) is 0 Å². The molecular formula is C17H22ClF2N5O2. The molecule has 1 fully saturated rings. The molecule has 1 saturated heterocycles. The number of carbonyl (C=O) groups excluding carboxylic acids is 1. The van der Waals surface area contributed by atoms with E-state index in [-0.39, 0.29) is 29.9 Å². The van der Waals surface area contributed by atoms with Gasteiger partial charge in [-0.1, -0.05) is 11.3 Å². The van der Waals surface area contributed by atoms with Crippen molar-refractivity contribution >= 4 is 24.0 Å². The molecule has 1 aliphatic heterocycles. The number of nitrogens with one attached hydrogen (secondary N) is 2. The summed E-state index contributed by atoms with van der Waals surface area (Å²) in [5, 5.41) is 14.1. The summed E-state index contributed by atoms with van der Waals surface area (Å²) < 4.78 is 31.2. The zero-order valence-electron chi connectivity index (χ0n) is 15.0. The highest BCUT2D eigenvalue weighted by Crippen LogP contribution is 2.25. The minimum atomic E-state index is -2.92. The average molecular weight is 402 g/mol. The van der Waals surface area contributed by atoms with Crippen LogP contribution in [0.3, 0.4) is 0 Å². The highest BCUT2D eigenvalue weighted by molar-refractivity contribution is 6.03. The van der Waals surface area contributed by atoms with E-state index in [4.69, 9.17) is 0 Å². The van der Waals surface area contributed by atoms with Gasteiger partial charge >= 0.3 is 6.61 Å². The predicted octanol–water partition coefficient (Wildman–Crippen LogP) is 3.09. The fraction of sp³-hybridized carbons (Fsp3) is 0.471. The van der Waals surface area contributed by atoms with Crippen LogP contribution in [0, 0.1) is 13.8 Å². The van der Waals surface area contributed by atoms with Gasteiger partial charge < -0.3 is 15.4 Å². The van der Waals surface area contributed by atoms with E-state index in [0.717, 1.165) is 25.9 Å². The van der Waals surface area contributed by atoms with Crippen LogP contribution in [-0.4, -0.2) is 40.6 Å². The number of nitrogens with zero attached hydrogens (tertiary/aromatic N) is 3. The first kappa shape index (κ1) is 21.0. The molecule has 2 heterocycles. The van der Waals surface area contributed by atoms with Crippen molar-refractivity contribution in [2.75, 3.05) is 18.4 Å². The SMILES string of the molecule is Cc1ccc(NC(=O)c2nnn(C3CCNCC3)c2C)cc1OC(F)F.Cl. The lowest BCUT2D eigenvalue weighted by atomic mass is 10.1. The topological polar surface area (TPSA) is 81.1 Å². The number of rotatable bonds is 5. The summed E-state index contributed by atoms with van der Waals surface area (Å²) in [6, 6.07) is 4.81. The summed E-state index contributed by atoms with van der Waals surface area (Å²) in [6.45, 7) is 2.34. The van der Waals surface area contributed by atoms with Gasteiger partial charge in [0.15, 0.2) is 5.69 Å². The Hall–Kier alpha value is -2.26. The van der Waals surface area contributed by atoms with Gasteiger partial charge in [0.25, 0.3) is 5.91 Å². The highest BCUT2D eigenvalue weighted by atomic mass is 35.5. The second-order valence-electron chi connectivity index (χ2n) is 6.26. The smallest absolute Gasteiger partial charge is 0.387 e. The number of anilines is 1. The fourth-order valence-corrected chi connectivity index (χ4v) is 3.04. The van der Waals surface area contributed by atoms with Crippen LogP contribution < -0.4 is 15.4 Å². The maximum absolute atomic E-state index is 12.5. The zero-order chi connectivity index (χ0) is 18.7. The fourth-order valence-electron chi connectivity index (χ4n) is 3.04. The molecule has 0 bridgehead atoms. The Kier molecular flexibility index (Phi) is 7.09. The van der Waals surface area contributed by atoms with Gasteiger partial charge in [-0.15, -0.1) is 17.5 Å². The Labute approximate surface area is 161 Å². The van der Waals surface area contributed by atoms with E-state index >= 15 is 0 Å². The van der Waals surface area contributed by atoms with Crippen molar-refractivity contribution < 1.29 is 18.3 Å². The summed E-state index contributed by atoms with van der Waals surface area (Å²) in [4.78, 5) is 12.5. The van der Waals surface area contributed by atoms with Crippen LogP contribution in [0.5, 0.6) is 5.75 Å². The van der Waals surface area contributed by atoms with Crippen molar-refractivity contribution in [3.63, 3.8) is 0 Å². The first-order valence-corrected chi connectivity index (χ1v) is 8.45. The highest BCUT2D eigenvalue weighted by Gasteiger charge is 2.23. The third-order valence-electron chi connectivity index (χ3n) is 4.46. The molecule has 0 saturated carbocycles. The molecule has 2 aromatic rings. The van der Waals surface area contributed by atoms with E-state index in [9.17, 15) is 13.6 Å². The Morgan fingerprint density at radius 3 is 2.70 bits per heavy atom. The molecule has 3 rings (SSSR count). The summed E-state index contributed by atoms with van der Waals surface area (Å²) in [5.41, 5.74) is 1.81. The van der Waals surface area contributed by atoms with E-state index in [1.54, 1.807) is 30.7 Å². The number of ether oxygens (including phenoxy) is 1. The first-order valence-electron chi connectivity index (χ1n) is 8.45. The number of hydrogen-bond acceptors (Lipinski definition) is 5. The van der Waals surface area contributed by atoms with Gasteiger partial charge in [-0.3, -0.25) is 4.79 Å². The molecule has 1 aromatic carbocycles. The number of aromatic nitrogens is 3. The maximum atomic E-state index is 12.5. The number of alkyl halides is 2. The normalized spacial score (nSPS) is 14.7. The van der Waals surface area contributed by atoms with Crippen LogP contribution in [0.25, 0.3) is 0 Å². The number of amides is 1. The van der Waals surface area contributed by atoms with E-state index in [1.807, 2.05) is 0 Å². The summed E-state index contributed by atoms with van der Waals surface area (Å²) in [6.07, 6.45) is 1.86. The van der Waals surface area contributed by atoms with Crippen LogP contribution in [0.2, 0.25) is 0 Å². The van der Waals surface area contributed by atoms with Crippen molar-refractivity contribution in [2.45, 2.75) is 39.3 Å². The molecule has 0 radical (unpaired) electrons. The lowest BCUT2D eigenvalue weighted by Gasteiger charge is -2.23. The molecular weight excluding hydrogens is 380 g/mol. The average Bonchev–Trinajstić information content (AvgIpc) is 3.00. The summed E-state index contributed by atoms with van der Waals surface area (Å²) in [5.74, 6) is -0.414. The third-order valence-corrected chi connectivity index (χ3v) is 4.46. The van der Waals surface area contributed by atoms with Crippen molar-refractivity contribution in [3.8, 4) is 5.75 Å². The summed E-state index contributed by atoms with van der Waals surface area (Å²) >= 11 is 0. The number of benzene rings is 1. The molecule has 1 amide bonds. The minimum absolute atomic E-state index is 0. The largest absolute Gasteiger partial charge is 0.434 e. The third kappa shape index (κ3) is 4.92. The number of hydrogen-bond donors (Lipinski definition) is 2. The van der Waals surface area contributed by atoms with E-state index in [0.29, 0.717) is 16.9 Å². The molecule has 0 aliphatic carbocycles. The Balaban J connectivity index is 0.00000261. The zero-order valence-corrected chi connectivity index (χ0v) is 15.9. The van der Waals surface area contributed by atoms with Crippen LogP contribution in [0.1, 0.15) is 40.6 Å². The Bertz CT molecular complexity index is 794. The molecule has 1 aliphatic rings. The van der Waals surface area contributed by atoms with Crippen molar-refractivity contribution in [1.82, 2.24) is 20.3 Å². The van der Waals surface area contributed by atoms with Gasteiger partial charge in [-0.2, -0.15) is 8.78 Å². The van der Waals surface area contributed by atoms with E-state index in [2.05, 4.69) is 25.7 Å². The Morgan fingerprint density at radius 2 is 2.04 bits per heavy atom. The van der Waals surface area contributed by atoms with Gasteiger partial charge in [0, 0.05) is 11.8 Å². The van der Waals surface area contributed by atoms with Crippen molar-refractivity contribution in [3.05, 3.63) is 35.2 Å². The molecule has 10 heteroatoms. The molecule has 7 nitrogen and oxygen atoms in total. The molecule has 1 aromatic heterocycles. The number of halogens is 3. The van der Waals surface area contributed by atoms with E-state index < -0.39 is 12.5 Å². The first-order chi connectivity index (χ1) is 12.5. The number of aryl methyl sites for hydroxylation is 1. The second-order valence-corrected chi connectivity index (χ2v) is 6.26. The minimum Gasteiger partial charge on any atom is -0.434 e. The molecule has 2 N–H and O–H groups in total. The van der Waals surface area contributed by atoms with Gasteiger partial charge in [0.1, 0.15) is 5.75 Å². The van der Waals surface area contributed by atoms with Gasteiger partial charge in [-0.05, 0) is 51.4 Å². The molecule has 27 heavy (non-hydrogen) atoms. The van der Waals surface area contributed by atoms with Crippen LogP contribution >= 0.6 is 12.4 Å². The van der Waals surface area contributed by atoms with Crippen LogP contribution in [0.4, 0.5) is 14.5 Å². The number of piperidine rings is 1. The van der Waals surface area contributed by atoms with Crippen LogP contribution in [0.15, 0.2) is 18.2 Å². The molecule has 0 atom stereocenters. The van der Waals surface area contributed by atoms with Crippen LogP contribution in [-0.2, 0) is 0 Å². The van der Waals surface area contributed by atoms with E-state index in [1.165, 1.54) is 6.07 Å². The van der Waals surface area contributed by atoms with Gasteiger partial charge in [-0.25, -0.2) is 4.68 Å². The molecule has 0 spiro atoms. The molecule has 148 valence electrons.